The van der Waals surface area contributed by atoms with Crippen molar-refractivity contribution in [1.82, 2.24) is 5.32 Å². The molecule has 7 heteroatoms. The van der Waals surface area contributed by atoms with E-state index in [0.717, 1.165) is 31.9 Å². The molecule has 1 aliphatic rings. The van der Waals surface area contributed by atoms with Gasteiger partial charge in [0.2, 0.25) is 15.9 Å². The molecule has 1 N–H and O–H groups in total. The molecule has 0 aromatic heterocycles. The molecule has 0 heterocycles. The lowest BCUT2D eigenvalue weighted by Crippen LogP contribution is -2.51. The number of carbonyl (C=O) groups excluding carboxylic acids is 1. The van der Waals surface area contributed by atoms with Crippen molar-refractivity contribution < 1.29 is 13.2 Å². The fraction of sp³-hybridized carbons (Fsp3) is 0.632. The second-order valence-corrected chi connectivity index (χ2v) is 9.31. The number of sulfonamides is 1. The lowest BCUT2D eigenvalue weighted by molar-refractivity contribution is -0.123. The number of hydrogen-bond acceptors (Lipinski definition) is 3. The molecule has 1 aromatic rings. The van der Waals surface area contributed by atoms with Crippen LogP contribution in [0.25, 0.3) is 0 Å². The molecule has 1 amide bonds. The van der Waals surface area contributed by atoms with E-state index in [1.165, 1.54) is 23.6 Å². The Kier molecular flexibility index (Phi) is 7.77. The highest BCUT2D eigenvalue weighted by atomic mass is 35.5. The van der Waals surface area contributed by atoms with E-state index in [-0.39, 0.29) is 11.9 Å². The first kappa shape index (κ1) is 21.0. The first-order chi connectivity index (χ1) is 12.3. The highest BCUT2D eigenvalue weighted by Crippen LogP contribution is 2.25. The minimum absolute atomic E-state index is 0.128. The van der Waals surface area contributed by atoms with Crippen molar-refractivity contribution in [2.24, 2.45) is 0 Å². The van der Waals surface area contributed by atoms with Gasteiger partial charge in [0.1, 0.15) is 6.04 Å². The topological polar surface area (TPSA) is 66.5 Å². The molecule has 1 saturated carbocycles. The van der Waals surface area contributed by atoms with E-state index >= 15 is 0 Å². The van der Waals surface area contributed by atoms with Crippen LogP contribution in [0.3, 0.4) is 0 Å². The van der Waals surface area contributed by atoms with Crippen molar-refractivity contribution in [3.8, 4) is 0 Å². The van der Waals surface area contributed by atoms with Gasteiger partial charge in [-0.05, 0) is 43.5 Å². The van der Waals surface area contributed by atoms with E-state index in [9.17, 15) is 13.2 Å². The molecular weight excluding hydrogens is 372 g/mol. The van der Waals surface area contributed by atoms with Gasteiger partial charge < -0.3 is 5.32 Å². The van der Waals surface area contributed by atoms with Crippen molar-refractivity contribution in [3.05, 3.63) is 29.3 Å². The number of nitrogens with one attached hydrogen (secondary N) is 1. The summed E-state index contributed by atoms with van der Waals surface area (Å²) in [4.78, 5) is 12.9. The fourth-order valence-corrected chi connectivity index (χ4v) is 4.88. The number of anilines is 1. The van der Waals surface area contributed by atoms with Crippen LogP contribution in [0.15, 0.2) is 24.3 Å². The van der Waals surface area contributed by atoms with Crippen LogP contribution >= 0.6 is 11.6 Å². The van der Waals surface area contributed by atoms with Crippen LogP contribution in [-0.4, -0.2) is 32.7 Å². The Labute approximate surface area is 162 Å². The van der Waals surface area contributed by atoms with Crippen LogP contribution in [0.5, 0.6) is 0 Å². The lowest BCUT2D eigenvalue weighted by atomic mass is 9.96. The van der Waals surface area contributed by atoms with Crippen molar-refractivity contribution in [2.45, 2.75) is 70.4 Å². The van der Waals surface area contributed by atoms with Gasteiger partial charge in [-0.25, -0.2) is 8.42 Å². The maximum atomic E-state index is 12.9. The molecule has 0 aliphatic heterocycles. The van der Waals surface area contributed by atoms with E-state index in [2.05, 4.69) is 5.32 Å². The van der Waals surface area contributed by atoms with Crippen LogP contribution < -0.4 is 9.62 Å². The molecule has 0 spiro atoms. The summed E-state index contributed by atoms with van der Waals surface area (Å²) in [5.41, 5.74) is 0.455. The summed E-state index contributed by atoms with van der Waals surface area (Å²) in [7, 11) is -3.61. The number of hydrogen-bond donors (Lipinski definition) is 1. The molecule has 26 heavy (non-hydrogen) atoms. The predicted molar refractivity (Wildman–Crippen MR) is 107 cm³/mol. The van der Waals surface area contributed by atoms with Crippen molar-refractivity contribution in [3.63, 3.8) is 0 Å². The Hall–Kier alpha value is -1.27. The van der Waals surface area contributed by atoms with E-state index in [1.54, 1.807) is 24.3 Å². The summed E-state index contributed by atoms with van der Waals surface area (Å²) < 4.78 is 26.1. The van der Waals surface area contributed by atoms with E-state index < -0.39 is 16.1 Å². The minimum atomic E-state index is -3.61. The molecule has 146 valence electrons. The zero-order valence-corrected chi connectivity index (χ0v) is 17.2. The van der Waals surface area contributed by atoms with Gasteiger partial charge in [-0.2, -0.15) is 0 Å². The smallest absolute Gasteiger partial charge is 0.244 e. The van der Waals surface area contributed by atoms with Crippen LogP contribution in [0.1, 0.15) is 58.3 Å². The summed E-state index contributed by atoms with van der Waals surface area (Å²) in [5.74, 6) is -0.224. The Bertz CT molecular complexity index is 683. The van der Waals surface area contributed by atoms with Gasteiger partial charge in [0, 0.05) is 11.1 Å². The summed E-state index contributed by atoms with van der Waals surface area (Å²) in [6, 6.07) is 5.90. The molecular formula is C19H29ClN2O3S. The predicted octanol–water partition coefficient (Wildman–Crippen LogP) is 4.11. The Morgan fingerprint density at radius 2 is 1.69 bits per heavy atom. The molecule has 1 aromatic carbocycles. The van der Waals surface area contributed by atoms with E-state index in [4.69, 9.17) is 11.6 Å². The lowest BCUT2D eigenvalue weighted by Gasteiger charge is -2.32. The van der Waals surface area contributed by atoms with Crippen LogP contribution in [0.4, 0.5) is 5.69 Å². The summed E-state index contributed by atoms with van der Waals surface area (Å²) >= 11 is 5.92. The zero-order chi connectivity index (χ0) is 19.2. The van der Waals surface area contributed by atoms with Gasteiger partial charge in [0.15, 0.2) is 0 Å². The molecule has 0 bridgehead atoms. The zero-order valence-electron chi connectivity index (χ0n) is 15.6. The number of rotatable bonds is 6. The van der Waals surface area contributed by atoms with Gasteiger partial charge in [-0.15, -0.1) is 0 Å². The number of nitrogens with zero attached hydrogens (tertiary/aromatic N) is 1. The average Bonchev–Trinajstić information content (AvgIpc) is 2.54. The van der Waals surface area contributed by atoms with Crippen molar-refractivity contribution in [1.29, 1.82) is 0 Å². The van der Waals surface area contributed by atoms with Crippen LogP contribution in [-0.2, 0) is 14.8 Å². The van der Waals surface area contributed by atoms with Crippen LogP contribution in [0.2, 0.25) is 5.02 Å². The highest BCUT2D eigenvalue weighted by molar-refractivity contribution is 7.92. The summed E-state index contributed by atoms with van der Waals surface area (Å²) in [6.45, 7) is 1.83. The molecule has 1 unspecified atom stereocenters. The first-order valence-electron chi connectivity index (χ1n) is 9.38. The number of carbonyl (C=O) groups is 1. The summed E-state index contributed by atoms with van der Waals surface area (Å²) in [5, 5.41) is 3.62. The first-order valence-corrected chi connectivity index (χ1v) is 11.6. The second-order valence-electron chi connectivity index (χ2n) is 7.01. The van der Waals surface area contributed by atoms with Gasteiger partial charge in [-0.1, -0.05) is 50.6 Å². The summed E-state index contributed by atoms with van der Waals surface area (Å²) in [6.07, 6.45) is 9.32. The van der Waals surface area contributed by atoms with Gasteiger partial charge in [0.25, 0.3) is 0 Å². The third-order valence-corrected chi connectivity index (χ3v) is 6.29. The molecule has 5 nitrogen and oxygen atoms in total. The molecule has 1 fully saturated rings. The van der Waals surface area contributed by atoms with Gasteiger partial charge in [0.05, 0.1) is 11.9 Å². The largest absolute Gasteiger partial charge is 0.352 e. The van der Waals surface area contributed by atoms with Crippen molar-refractivity contribution >= 4 is 33.2 Å². The Morgan fingerprint density at radius 1 is 1.15 bits per heavy atom. The van der Waals surface area contributed by atoms with E-state index in [0.29, 0.717) is 17.1 Å². The molecule has 0 saturated heterocycles. The molecule has 1 atom stereocenters. The van der Waals surface area contributed by atoms with Gasteiger partial charge in [-0.3, -0.25) is 9.10 Å². The number of benzene rings is 1. The van der Waals surface area contributed by atoms with Crippen molar-refractivity contribution in [2.75, 3.05) is 10.6 Å². The standard InChI is InChI=1S/C19H29ClN2O3S/c1-3-18(19(23)21-16-9-7-5-4-6-8-10-16)22(26(2,24)25)17-13-11-15(20)12-14-17/h11-14,16,18H,3-10H2,1-2H3,(H,21,23). The number of amides is 1. The number of halogens is 1. The van der Waals surface area contributed by atoms with Crippen LogP contribution in [0, 0.1) is 0 Å². The maximum absolute atomic E-state index is 12.9. The molecule has 0 radical (unpaired) electrons. The monoisotopic (exact) mass is 400 g/mol. The Morgan fingerprint density at radius 3 is 2.19 bits per heavy atom. The SMILES string of the molecule is CCC(C(=O)NC1CCCCCCC1)N(c1ccc(Cl)cc1)S(C)(=O)=O. The molecule has 1 aliphatic carbocycles. The third kappa shape index (κ3) is 5.88. The maximum Gasteiger partial charge on any atom is 0.244 e. The Balaban J connectivity index is 2.20. The minimum Gasteiger partial charge on any atom is -0.352 e. The third-order valence-electron chi connectivity index (χ3n) is 4.86. The quantitative estimate of drug-likeness (QED) is 0.781. The normalized spacial score (nSPS) is 17.8. The van der Waals surface area contributed by atoms with Gasteiger partial charge >= 0.3 is 0 Å². The molecule has 2 rings (SSSR count). The van der Waals surface area contributed by atoms with E-state index in [1.807, 2.05) is 6.92 Å². The fourth-order valence-electron chi connectivity index (χ4n) is 3.55. The second kappa shape index (κ2) is 9.60. The average molecular weight is 401 g/mol. The highest BCUT2D eigenvalue weighted by Gasteiger charge is 2.32.